The van der Waals surface area contributed by atoms with Gasteiger partial charge in [0.25, 0.3) is 5.91 Å². The Kier molecular flexibility index (Phi) is 10.3. The molecule has 2 N–H and O–H groups in total. The normalized spacial score (nSPS) is 15.9. The minimum Gasteiger partial charge on any atom is -0.354 e. The summed E-state index contributed by atoms with van der Waals surface area (Å²) in [6, 6.07) is 8.87. The lowest BCUT2D eigenvalue weighted by Crippen LogP contribution is -2.54. The lowest BCUT2D eigenvalue weighted by atomic mass is 9.95. The molecule has 166 valence electrons. The van der Waals surface area contributed by atoms with Gasteiger partial charge in [-0.1, -0.05) is 44.4 Å². The highest BCUT2D eigenvalue weighted by molar-refractivity contribution is 6.26. The van der Waals surface area contributed by atoms with Gasteiger partial charge in [0.2, 0.25) is 5.91 Å². The maximum absolute atomic E-state index is 13.0. The third kappa shape index (κ3) is 7.42. The van der Waals surface area contributed by atoms with Gasteiger partial charge >= 0.3 is 0 Å². The van der Waals surface area contributed by atoms with E-state index in [2.05, 4.69) is 15.8 Å². The molecule has 0 saturated heterocycles. The number of anilines is 1. The van der Waals surface area contributed by atoms with Gasteiger partial charge in [0.15, 0.2) is 6.29 Å². The molecule has 1 aliphatic carbocycles. The van der Waals surface area contributed by atoms with Crippen LogP contribution in [0.5, 0.6) is 0 Å². The number of amides is 2. The number of hydrazone groups is 1. The Labute approximate surface area is 179 Å². The van der Waals surface area contributed by atoms with Crippen LogP contribution in [0.3, 0.4) is 0 Å². The summed E-state index contributed by atoms with van der Waals surface area (Å²) in [5.41, 5.74) is 3.59. The molecule has 1 unspecified atom stereocenters. The number of hydrogen-bond acceptors (Lipinski definition) is 6. The second-order valence-corrected chi connectivity index (χ2v) is 7.40. The number of carbonyl (C=O) groups excluding carboxylic acids is 2. The van der Waals surface area contributed by atoms with Crippen molar-refractivity contribution >= 4 is 23.7 Å². The van der Waals surface area contributed by atoms with Crippen molar-refractivity contribution in [2.24, 2.45) is 5.10 Å². The highest BCUT2D eigenvalue weighted by Gasteiger charge is 2.31. The lowest BCUT2D eigenvalue weighted by Gasteiger charge is -2.33. The van der Waals surface area contributed by atoms with E-state index in [1.165, 1.54) is 31.8 Å². The molecule has 0 spiro atoms. The van der Waals surface area contributed by atoms with E-state index >= 15 is 0 Å². The predicted octanol–water partition coefficient (Wildman–Crippen LogP) is 2.76. The molecular weight excluding hydrogens is 384 g/mol. The smallest absolute Gasteiger partial charge is 0.267 e. The highest BCUT2D eigenvalue weighted by Crippen LogP contribution is 2.18. The summed E-state index contributed by atoms with van der Waals surface area (Å²) < 4.78 is 10.5. The Hall–Kier alpha value is -2.45. The van der Waals surface area contributed by atoms with Crippen molar-refractivity contribution in [2.75, 3.05) is 26.2 Å². The molecule has 2 amide bonds. The monoisotopic (exact) mass is 418 g/mol. The van der Waals surface area contributed by atoms with Crippen LogP contribution in [-0.2, 0) is 19.1 Å². The number of nitrogens with one attached hydrogen (secondary N) is 2. The van der Waals surface area contributed by atoms with Crippen LogP contribution >= 0.6 is 0 Å². The number of benzene rings is 1. The first-order valence-corrected chi connectivity index (χ1v) is 10.6. The minimum atomic E-state index is -0.638. The second kappa shape index (κ2) is 13.0. The molecule has 1 aliphatic rings. The van der Waals surface area contributed by atoms with E-state index in [0.717, 1.165) is 31.4 Å². The predicted molar refractivity (Wildman–Crippen MR) is 117 cm³/mol. The van der Waals surface area contributed by atoms with Crippen LogP contribution in [0.4, 0.5) is 5.69 Å². The van der Waals surface area contributed by atoms with Crippen molar-refractivity contribution in [1.29, 1.82) is 0 Å². The number of rotatable bonds is 11. The second-order valence-electron chi connectivity index (χ2n) is 7.40. The Morgan fingerprint density at radius 2 is 1.83 bits per heavy atom. The van der Waals surface area contributed by atoms with Crippen LogP contribution < -0.4 is 10.7 Å². The average Bonchev–Trinajstić information content (AvgIpc) is 2.78. The van der Waals surface area contributed by atoms with Crippen molar-refractivity contribution in [3.63, 3.8) is 0 Å². The molecule has 0 bridgehead atoms. The van der Waals surface area contributed by atoms with Crippen LogP contribution in [-0.4, -0.2) is 62.1 Å². The van der Waals surface area contributed by atoms with Gasteiger partial charge in [-0.15, -0.1) is 0 Å². The number of nitrogens with zero attached hydrogens (tertiary/aromatic N) is 2. The summed E-state index contributed by atoms with van der Waals surface area (Å²) in [5.74, 6) is -0.531. The first kappa shape index (κ1) is 23.8. The zero-order valence-corrected chi connectivity index (χ0v) is 18.2. The van der Waals surface area contributed by atoms with E-state index < -0.39 is 12.3 Å². The molecule has 0 radical (unpaired) electrons. The molecule has 30 heavy (non-hydrogen) atoms. The van der Waals surface area contributed by atoms with Crippen molar-refractivity contribution in [3.8, 4) is 0 Å². The molecule has 0 aromatic heterocycles. The van der Waals surface area contributed by atoms with Crippen LogP contribution in [0, 0.1) is 0 Å². The van der Waals surface area contributed by atoms with Crippen LogP contribution in [0.1, 0.15) is 45.4 Å². The molecule has 0 aliphatic heterocycles. The number of para-hydroxylation sites is 1. The zero-order valence-electron chi connectivity index (χ0n) is 18.2. The molecule has 0 heterocycles. The van der Waals surface area contributed by atoms with E-state index in [4.69, 9.17) is 9.47 Å². The molecular formula is C22H34N4O4. The quantitative estimate of drug-likeness (QED) is 0.328. The standard InChI is InChI=1S/C22H34N4O4/c1-4-19(22(28)24-17-11-7-5-8-12-17)26(16-21(29-2)30-3)20(27)15-23-25-18-13-9-6-10-14-18/h6,9-10,13-15,17,19,21,25H,4-5,7-8,11-12,16H2,1-3H3,(H,24,28)/b23-15+. The van der Waals surface area contributed by atoms with Gasteiger partial charge in [0.05, 0.1) is 12.2 Å². The third-order valence-corrected chi connectivity index (χ3v) is 5.31. The van der Waals surface area contributed by atoms with E-state index in [9.17, 15) is 9.59 Å². The van der Waals surface area contributed by atoms with Gasteiger partial charge in [0.1, 0.15) is 12.3 Å². The maximum atomic E-state index is 13.0. The first-order valence-electron chi connectivity index (χ1n) is 10.6. The van der Waals surface area contributed by atoms with E-state index in [-0.39, 0.29) is 24.4 Å². The Balaban J connectivity index is 2.09. The van der Waals surface area contributed by atoms with Crippen molar-refractivity contribution in [3.05, 3.63) is 30.3 Å². The zero-order chi connectivity index (χ0) is 21.8. The summed E-state index contributed by atoms with van der Waals surface area (Å²) >= 11 is 0. The van der Waals surface area contributed by atoms with Crippen LogP contribution in [0.25, 0.3) is 0 Å². The Morgan fingerprint density at radius 1 is 1.17 bits per heavy atom. The van der Waals surface area contributed by atoms with Gasteiger partial charge in [-0.25, -0.2) is 0 Å². The summed E-state index contributed by atoms with van der Waals surface area (Å²) in [5, 5.41) is 7.16. The molecule has 2 rings (SSSR count). The van der Waals surface area contributed by atoms with Gasteiger partial charge in [-0.3, -0.25) is 15.0 Å². The highest BCUT2D eigenvalue weighted by atomic mass is 16.7. The molecule has 8 nitrogen and oxygen atoms in total. The number of ether oxygens (including phenoxy) is 2. The fraction of sp³-hybridized carbons (Fsp3) is 0.591. The average molecular weight is 419 g/mol. The SMILES string of the molecule is CCC(C(=O)NC1CCCCC1)N(CC(OC)OC)C(=O)/C=N/Nc1ccccc1. The van der Waals surface area contributed by atoms with E-state index in [1.807, 2.05) is 37.3 Å². The summed E-state index contributed by atoms with van der Waals surface area (Å²) in [4.78, 5) is 27.4. The molecule has 1 atom stereocenters. The molecule has 1 aromatic carbocycles. The third-order valence-electron chi connectivity index (χ3n) is 5.31. The van der Waals surface area contributed by atoms with Crippen LogP contribution in [0.2, 0.25) is 0 Å². The minimum absolute atomic E-state index is 0.125. The fourth-order valence-corrected chi connectivity index (χ4v) is 3.62. The molecule has 1 saturated carbocycles. The number of hydrogen-bond donors (Lipinski definition) is 2. The molecule has 1 aromatic rings. The summed E-state index contributed by atoms with van der Waals surface area (Å²) in [7, 11) is 3.01. The Bertz CT molecular complexity index is 673. The van der Waals surface area contributed by atoms with Gasteiger partial charge in [-0.2, -0.15) is 5.10 Å². The number of methoxy groups -OCH3 is 2. The molecule has 1 fully saturated rings. The topological polar surface area (TPSA) is 92.3 Å². The van der Waals surface area contributed by atoms with Crippen LogP contribution in [0.15, 0.2) is 35.4 Å². The largest absolute Gasteiger partial charge is 0.354 e. The van der Waals surface area contributed by atoms with E-state index in [1.54, 1.807) is 0 Å². The first-order chi connectivity index (χ1) is 14.6. The maximum Gasteiger partial charge on any atom is 0.267 e. The van der Waals surface area contributed by atoms with E-state index in [0.29, 0.717) is 6.42 Å². The van der Waals surface area contributed by atoms with Gasteiger partial charge in [-0.05, 0) is 31.4 Å². The summed E-state index contributed by atoms with van der Waals surface area (Å²) in [6.07, 6.45) is 6.45. The van der Waals surface area contributed by atoms with Gasteiger partial charge in [0, 0.05) is 20.3 Å². The fourth-order valence-electron chi connectivity index (χ4n) is 3.62. The van der Waals surface area contributed by atoms with Crippen molar-refractivity contribution in [2.45, 2.75) is 63.8 Å². The van der Waals surface area contributed by atoms with Crippen molar-refractivity contribution < 1.29 is 19.1 Å². The molecule has 8 heteroatoms. The Morgan fingerprint density at radius 3 is 2.43 bits per heavy atom. The number of carbonyl (C=O) groups is 2. The van der Waals surface area contributed by atoms with Gasteiger partial charge < -0.3 is 19.7 Å². The lowest BCUT2D eigenvalue weighted by molar-refractivity contribution is -0.149. The van der Waals surface area contributed by atoms with Crippen molar-refractivity contribution in [1.82, 2.24) is 10.2 Å². The summed E-state index contributed by atoms with van der Waals surface area (Å²) in [6.45, 7) is 2.01.